The minimum atomic E-state index is -1.16. The molecule has 4 aliphatic rings. The van der Waals surface area contributed by atoms with Crippen molar-refractivity contribution in [2.75, 3.05) is 13.7 Å². The highest BCUT2D eigenvalue weighted by Gasteiger charge is 2.67. The number of hydrogen-bond acceptors (Lipinski definition) is 9. The lowest BCUT2D eigenvalue weighted by Crippen LogP contribution is -2.63. The van der Waals surface area contributed by atoms with Crippen LogP contribution >= 0.6 is 0 Å². The van der Waals surface area contributed by atoms with Crippen molar-refractivity contribution in [2.24, 2.45) is 46.3 Å². The maximum atomic E-state index is 13.0. The molecule has 242 valence electrons. The molecule has 0 bridgehead atoms. The normalized spacial score (nSPS) is 38.7. The first kappa shape index (κ1) is 33.1. The molecule has 0 saturated heterocycles. The fourth-order valence-corrected chi connectivity index (χ4v) is 9.88. The number of fused-ring (bicyclic) bond motifs is 5. The van der Waals surface area contributed by atoms with Crippen LogP contribution in [0.3, 0.4) is 0 Å². The number of carbonyl (C=O) groups is 5. The second-order valence-corrected chi connectivity index (χ2v) is 13.9. The molecule has 0 unspecified atom stereocenters. The Morgan fingerprint density at radius 2 is 1.63 bits per heavy atom. The summed E-state index contributed by atoms with van der Waals surface area (Å²) in [6, 6.07) is 0. The Bertz CT molecular complexity index is 1090. The van der Waals surface area contributed by atoms with Gasteiger partial charge in [0.2, 0.25) is 0 Å². The van der Waals surface area contributed by atoms with Crippen molar-refractivity contribution in [3.8, 4) is 0 Å². The van der Waals surface area contributed by atoms with Gasteiger partial charge in [-0.15, -0.1) is 0 Å². The van der Waals surface area contributed by atoms with Gasteiger partial charge in [0, 0.05) is 31.6 Å². The highest BCUT2D eigenvalue weighted by Crippen LogP contribution is 2.69. The van der Waals surface area contributed by atoms with Crippen LogP contribution in [0.5, 0.6) is 0 Å². The van der Waals surface area contributed by atoms with Gasteiger partial charge in [-0.2, -0.15) is 0 Å². The van der Waals surface area contributed by atoms with E-state index in [1.54, 1.807) is 0 Å². The number of alkyl carbamates (subject to hydrolysis) is 1. The maximum absolute atomic E-state index is 13.0. The molecule has 11 nitrogen and oxygen atoms in total. The molecule has 0 radical (unpaired) electrons. The van der Waals surface area contributed by atoms with Crippen LogP contribution in [-0.4, -0.2) is 67.0 Å². The predicted octanol–water partition coefficient (Wildman–Crippen LogP) is 4.50. The van der Waals surface area contributed by atoms with E-state index in [1.807, 2.05) is 0 Å². The van der Waals surface area contributed by atoms with Gasteiger partial charge in [0.25, 0.3) is 0 Å². The molecule has 0 aromatic heterocycles. The van der Waals surface area contributed by atoms with Crippen LogP contribution in [0.15, 0.2) is 0 Å². The summed E-state index contributed by atoms with van der Waals surface area (Å²) in [7, 11) is 1.38. The second-order valence-electron chi connectivity index (χ2n) is 13.9. The molecule has 0 aliphatic heterocycles. The number of carboxylic acids is 1. The number of hydrogen-bond donors (Lipinski definition) is 2. The van der Waals surface area contributed by atoms with E-state index in [9.17, 15) is 24.0 Å². The van der Waals surface area contributed by atoms with E-state index >= 15 is 0 Å². The van der Waals surface area contributed by atoms with Crippen molar-refractivity contribution in [1.29, 1.82) is 0 Å². The molecule has 4 aliphatic carbocycles. The van der Waals surface area contributed by atoms with Gasteiger partial charge >= 0.3 is 30.0 Å². The third-order valence-electron chi connectivity index (χ3n) is 11.8. The summed E-state index contributed by atoms with van der Waals surface area (Å²) in [4.78, 5) is 60.3. The van der Waals surface area contributed by atoms with E-state index < -0.39 is 30.1 Å². The molecule has 2 N–H and O–H groups in total. The van der Waals surface area contributed by atoms with Crippen LogP contribution in [-0.2, 0) is 38.1 Å². The van der Waals surface area contributed by atoms with Crippen LogP contribution in [0.2, 0.25) is 0 Å². The van der Waals surface area contributed by atoms with E-state index in [0.717, 1.165) is 25.7 Å². The Morgan fingerprint density at radius 1 is 0.930 bits per heavy atom. The molecule has 0 heterocycles. The van der Waals surface area contributed by atoms with Crippen molar-refractivity contribution in [1.82, 2.24) is 5.32 Å². The molecule has 4 saturated carbocycles. The molecule has 4 fully saturated rings. The number of carboxylic acid groups (broad SMARTS) is 1. The molecule has 43 heavy (non-hydrogen) atoms. The number of nitrogens with one attached hydrogen (secondary N) is 1. The first-order valence-electron chi connectivity index (χ1n) is 15.8. The largest absolute Gasteiger partial charge is 0.480 e. The Balaban J connectivity index is 1.71. The molecule has 0 spiro atoms. The second kappa shape index (κ2) is 13.0. The third kappa shape index (κ3) is 6.65. The molecule has 0 aromatic rings. The summed E-state index contributed by atoms with van der Waals surface area (Å²) in [5.41, 5.74) is -0.624. The molecule has 11 atom stereocenters. The predicted molar refractivity (Wildman–Crippen MR) is 153 cm³/mol. The zero-order valence-electron chi connectivity index (χ0n) is 26.4. The summed E-state index contributed by atoms with van der Waals surface area (Å²) < 4.78 is 22.8. The van der Waals surface area contributed by atoms with E-state index in [0.29, 0.717) is 32.1 Å². The quantitative estimate of drug-likeness (QED) is 0.283. The SMILES string of the molecule is COC(=O)CC[C@@H](C)[C@H]1CC[C@H]2[C@@H]3[C@H](OC(C)=O)C[C@@H]4C[C@H](OC(C)=O)CC[C@]4(C)[C@H]3C[C@H](OC(=O)NCC(=O)O)[C@]12C. The Labute approximate surface area is 254 Å². The number of carbonyl (C=O) groups excluding carboxylic acids is 4. The van der Waals surface area contributed by atoms with Crippen molar-refractivity contribution in [3.05, 3.63) is 0 Å². The highest BCUT2D eigenvalue weighted by molar-refractivity contribution is 5.76. The third-order valence-corrected chi connectivity index (χ3v) is 11.8. The van der Waals surface area contributed by atoms with Gasteiger partial charge in [0.15, 0.2) is 0 Å². The zero-order valence-corrected chi connectivity index (χ0v) is 26.4. The lowest BCUT2D eigenvalue weighted by molar-refractivity contribution is -0.217. The molecule has 0 aromatic carbocycles. The number of ether oxygens (including phenoxy) is 4. The number of esters is 3. The summed E-state index contributed by atoms with van der Waals surface area (Å²) >= 11 is 0. The topological polar surface area (TPSA) is 155 Å². The first-order chi connectivity index (χ1) is 20.2. The molecule has 4 rings (SSSR count). The molecular formula is C32H49NO10. The lowest BCUT2D eigenvalue weighted by atomic mass is 9.43. The summed E-state index contributed by atoms with van der Waals surface area (Å²) in [6.45, 7) is 8.92. The zero-order chi connectivity index (χ0) is 31.7. The molecule has 1 amide bonds. The van der Waals surface area contributed by atoms with Gasteiger partial charge in [0.1, 0.15) is 24.9 Å². The van der Waals surface area contributed by atoms with Crippen LogP contribution in [0.4, 0.5) is 4.79 Å². The van der Waals surface area contributed by atoms with Crippen molar-refractivity contribution in [3.63, 3.8) is 0 Å². The van der Waals surface area contributed by atoms with Crippen LogP contribution in [0.1, 0.15) is 92.4 Å². The fourth-order valence-electron chi connectivity index (χ4n) is 9.88. The average Bonchev–Trinajstić information content (AvgIpc) is 3.29. The van der Waals surface area contributed by atoms with Crippen LogP contribution in [0, 0.1) is 46.3 Å². The van der Waals surface area contributed by atoms with Gasteiger partial charge < -0.3 is 29.4 Å². The van der Waals surface area contributed by atoms with Crippen LogP contribution < -0.4 is 5.32 Å². The smallest absolute Gasteiger partial charge is 0.407 e. The Hall–Kier alpha value is -2.85. The molecular weight excluding hydrogens is 558 g/mol. The van der Waals surface area contributed by atoms with E-state index in [4.69, 9.17) is 24.1 Å². The van der Waals surface area contributed by atoms with E-state index in [-0.39, 0.29) is 71.0 Å². The maximum Gasteiger partial charge on any atom is 0.407 e. The first-order valence-corrected chi connectivity index (χ1v) is 15.8. The monoisotopic (exact) mass is 607 g/mol. The number of amides is 1. The standard InChI is InChI=1S/C32H49NO10/c1-17(7-10-28(38)40-6)22-8-9-23-29-24(15-26(32(22,23)5)43-30(39)33-16-27(36)37)31(4)12-11-21(41-18(2)34)13-20(31)14-25(29)42-19(3)35/h17,20-26,29H,7-16H2,1-6H3,(H,33,39)(H,36,37)/t17-,20+,21-,22-,23+,24+,25-,26+,29+,31+,32-/m1/s1. The van der Waals surface area contributed by atoms with Crippen molar-refractivity contribution in [2.45, 2.75) is 111 Å². The highest BCUT2D eigenvalue weighted by atomic mass is 16.6. The summed E-state index contributed by atoms with van der Waals surface area (Å²) in [5.74, 6) is -1.41. The summed E-state index contributed by atoms with van der Waals surface area (Å²) in [5, 5.41) is 11.5. The van der Waals surface area contributed by atoms with Crippen molar-refractivity contribution < 1.29 is 48.0 Å². The van der Waals surface area contributed by atoms with Gasteiger partial charge in [-0.3, -0.25) is 19.2 Å². The van der Waals surface area contributed by atoms with Crippen LogP contribution in [0.25, 0.3) is 0 Å². The van der Waals surface area contributed by atoms with Gasteiger partial charge in [-0.05, 0) is 86.4 Å². The number of methoxy groups -OCH3 is 1. The van der Waals surface area contributed by atoms with Gasteiger partial charge in [-0.1, -0.05) is 20.8 Å². The Morgan fingerprint density at radius 3 is 2.26 bits per heavy atom. The van der Waals surface area contributed by atoms with Gasteiger partial charge in [-0.25, -0.2) is 4.79 Å². The van der Waals surface area contributed by atoms with Crippen molar-refractivity contribution >= 4 is 30.0 Å². The van der Waals surface area contributed by atoms with Gasteiger partial charge in [0.05, 0.1) is 7.11 Å². The van der Waals surface area contributed by atoms with E-state index in [2.05, 4.69) is 26.1 Å². The fraction of sp³-hybridized carbons (Fsp3) is 0.844. The number of aliphatic carboxylic acids is 1. The number of rotatable bonds is 9. The Kier molecular flexibility index (Phi) is 10.0. The minimum absolute atomic E-state index is 0.0557. The minimum Gasteiger partial charge on any atom is -0.480 e. The lowest BCUT2D eigenvalue weighted by Gasteiger charge is -2.64. The average molecular weight is 608 g/mol. The summed E-state index contributed by atoms with van der Waals surface area (Å²) in [6.07, 6.45) is 4.45. The molecule has 11 heteroatoms. The van der Waals surface area contributed by atoms with E-state index in [1.165, 1.54) is 21.0 Å².